The summed E-state index contributed by atoms with van der Waals surface area (Å²) in [6.45, 7) is 8.99. The fourth-order valence-electron chi connectivity index (χ4n) is 3.34. The fraction of sp³-hybridized carbons (Fsp3) is 0.571. The number of nitrogens with zero attached hydrogens (tertiary/aromatic N) is 1. The molecule has 0 spiro atoms. The molecule has 1 aromatic carbocycles. The number of nitrogens with one attached hydrogen (secondary N) is 1. The van der Waals surface area contributed by atoms with Crippen molar-refractivity contribution in [3.63, 3.8) is 0 Å². The van der Waals surface area contributed by atoms with E-state index < -0.39 is 0 Å². The van der Waals surface area contributed by atoms with Gasteiger partial charge in [-0.25, -0.2) is 0 Å². The van der Waals surface area contributed by atoms with Gasteiger partial charge in [-0.05, 0) is 42.9 Å². The molecule has 3 amide bonds. The van der Waals surface area contributed by atoms with Crippen molar-refractivity contribution in [3.8, 4) is 0 Å². The second-order valence-corrected chi connectivity index (χ2v) is 8.41. The highest BCUT2D eigenvalue weighted by Crippen LogP contribution is 2.23. The first-order chi connectivity index (χ1) is 12.6. The lowest BCUT2D eigenvalue weighted by Crippen LogP contribution is -2.49. The molecule has 0 radical (unpaired) electrons. The summed E-state index contributed by atoms with van der Waals surface area (Å²) >= 11 is 0. The van der Waals surface area contributed by atoms with E-state index in [4.69, 9.17) is 5.73 Å². The van der Waals surface area contributed by atoms with Gasteiger partial charge in [0.05, 0.1) is 5.92 Å². The van der Waals surface area contributed by atoms with Crippen molar-refractivity contribution >= 4 is 17.7 Å². The van der Waals surface area contributed by atoms with Crippen LogP contribution >= 0.6 is 0 Å². The van der Waals surface area contributed by atoms with Crippen molar-refractivity contribution < 1.29 is 14.4 Å². The Morgan fingerprint density at radius 2 is 1.78 bits per heavy atom. The molecule has 1 heterocycles. The van der Waals surface area contributed by atoms with Gasteiger partial charge in [0, 0.05) is 31.1 Å². The second kappa shape index (κ2) is 8.55. The Hall–Kier alpha value is -2.37. The lowest BCUT2D eigenvalue weighted by atomic mass is 9.87. The van der Waals surface area contributed by atoms with E-state index in [-0.39, 0.29) is 48.1 Å². The molecule has 3 N–H and O–H groups in total. The van der Waals surface area contributed by atoms with Crippen molar-refractivity contribution in [2.24, 2.45) is 11.7 Å². The normalized spacial score (nSPS) is 20.2. The minimum Gasteiger partial charge on any atom is -0.369 e. The fourth-order valence-corrected chi connectivity index (χ4v) is 3.34. The number of amides is 3. The molecule has 0 aromatic heterocycles. The van der Waals surface area contributed by atoms with Crippen LogP contribution in [0.4, 0.5) is 0 Å². The second-order valence-electron chi connectivity index (χ2n) is 8.41. The van der Waals surface area contributed by atoms with Crippen molar-refractivity contribution in [3.05, 3.63) is 35.4 Å². The van der Waals surface area contributed by atoms with E-state index in [1.54, 1.807) is 4.90 Å². The van der Waals surface area contributed by atoms with E-state index in [2.05, 4.69) is 26.1 Å². The summed E-state index contributed by atoms with van der Waals surface area (Å²) in [5.74, 6) is -0.880. The average molecular weight is 373 g/mol. The first-order valence-corrected chi connectivity index (χ1v) is 9.57. The molecule has 1 aromatic rings. The first-order valence-electron chi connectivity index (χ1n) is 9.57. The van der Waals surface area contributed by atoms with Gasteiger partial charge in [0.2, 0.25) is 11.8 Å². The smallest absolute Gasteiger partial charge is 0.251 e. The molecule has 1 aliphatic rings. The van der Waals surface area contributed by atoms with Crippen LogP contribution < -0.4 is 11.1 Å². The Kier molecular flexibility index (Phi) is 6.63. The summed E-state index contributed by atoms with van der Waals surface area (Å²) in [6, 6.07) is 7.62. The van der Waals surface area contributed by atoms with E-state index in [9.17, 15) is 14.4 Å². The van der Waals surface area contributed by atoms with Crippen molar-refractivity contribution in [1.82, 2.24) is 10.2 Å². The van der Waals surface area contributed by atoms with E-state index in [0.717, 1.165) is 18.4 Å². The predicted octanol–water partition coefficient (Wildman–Crippen LogP) is 2.22. The summed E-state index contributed by atoms with van der Waals surface area (Å²) in [7, 11) is 0. The van der Waals surface area contributed by atoms with Crippen LogP contribution in [0, 0.1) is 5.92 Å². The molecule has 1 fully saturated rings. The highest BCUT2D eigenvalue weighted by atomic mass is 16.2. The molecule has 6 nitrogen and oxygen atoms in total. The van der Waals surface area contributed by atoms with Crippen LogP contribution in [0.2, 0.25) is 0 Å². The molecule has 27 heavy (non-hydrogen) atoms. The number of benzene rings is 1. The number of hydrogen-bond donors (Lipinski definition) is 2. The van der Waals surface area contributed by atoms with Gasteiger partial charge < -0.3 is 16.0 Å². The maximum atomic E-state index is 12.5. The van der Waals surface area contributed by atoms with Crippen molar-refractivity contribution in [1.29, 1.82) is 0 Å². The van der Waals surface area contributed by atoms with Crippen LogP contribution in [0.5, 0.6) is 0 Å². The zero-order valence-electron chi connectivity index (χ0n) is 16.7. The zero-order valence-corrected chi connectivity index (χ0v) is 16.7. The lowest BCUT2D eigenvalue weighted by Gasteiger charge is -2.37. The van der Waals surface area contributed by atoms with Crippen LogP contribution in [-0.4, -0.2) is 41.8 Å². The molecule has 2 unspecified atom stereocenters. The number of piperidine rings is 1. The van der Waals surface area contributed by atoms with E-state index in [1.165, 1.54) is 0 Å². The van der Waals surface area contributed by atoms with Gasteiger partial charge in [-0.1, -0.05) is 32.9 Å². The number of hydrogen-bond acceptors (Lipinski definition) is 3. The zero-order chi connectivity index (χ0) is 20.2. The number of nitrogens with two attached hydrogens (primary N) is 1. The van der Waals surface area contributed by atoms with Gasteiger partial charge in [-0.15, -0.1) is 0 Å². The van der Waals surface area contributed by atoms with Gasteiger partial charge in [0.1, 0.15) is 0 Å². The summed E-state index contributed by atoms with van der Waals surface area (Å²) in [6.07, 6.45) is 1.70. The third kappa shape index (κ3) is 5.55. The number of primary amides is 1. The minimum absolute atomic E-state index is 0.0370. The molecular formula is C21H31N3O3. The maximum Gasteiger partial charge on any atom is 0.251 e. The summed E-state index contributed by atoms with van der Waals surface area (Å²) < 4.78 is 0. The third-order valence-corrected chi connectivity index (χ3v) is 5.24. The molecule has 1 aliphatic heterocycles. The Morgan fingerprint density at radius 1 is 1.15 bits per heavy atom. The Balaban J connectivity index is 1.85. The number of carbonyl (C=O) groups excluding carboxylic acids is 3. The third-order valence-electron chi connectivity index (χ3n) is 5.24. The van der Waals surface area contributed by atoms with Gasteiger partial charge >= 0.3 is 0 Å². The summed E-state index contributed by atoms with van der Waals surface area (Å²) in [5.41, 5.74) is 7.16. The molecule has 0 saturated carbocycles. The average Bonchev–Trinajstić information content (AvgIpc) is 2.61. The van der Waals surface area contributed by atoms with Gasteiger partial charge in [-0.2, -0.15) is 0 Å². The lowest BCUT2D eigenvalue weighted by molar-refractivity contribution is -0.137. The topological polar surface area (TPSA) is 92.5 Å². The molecular weight excluding hydrogens is 342 g/mol. The van der Waals surface area contributed by atoms with Gasteiger partial charge in [0.15, 0.2) is 0 Å². The molecule has 2 rings (SSSR count). The SMILES string of the molecule is CC1CCC(C(N)=O)CN1C(=O)CCNC(=O)c1ccc(C(C)(C)C)cc1. The van der Waals surface area contributed by atoms with E-state index in [1.807, 2.05) is 31.2 Å². The maximum absolute atomic E-state index is 12.5. The van der Waals surface area contributed by atoms with Crippen molar-refractivity contribution in [2.75, 3.05) is 13.1 Å². The van der Waals surface area contributed by atoms with Crippen LogP contribution in [0.25, 0.3) is 0 Å². The minimum atomic E-state index is -0.355. The van der Waals surface area contributed by atoms with Crippen LogP contribution in [0.1, 0.15) is 62.9 Å². The first kappa shape index (κ1) is 20.9. The van der Waals surface area contributed by atoms with E-state index >= 15 is 0 Å². The molecule has 148 valence electrons. The quantitative estimate of drug-likeness (QED) is 0.829. The van der Waals surface area contributed by atoms with E-state index in [0.29, 0.717) is 12.1 Å². The van der Waals surface area contributed by atoms with Crippen molar-refractivity contribution in [2.45, 2.75) is 58.4 Å². The highest BCUT2D eigenvalue weighted by Gasteiger charge is 2.31. The molecule has 6 heteroatoms. The molecule has 0 bridgehead atoms. The number of rotatable bonds is 5. The molecule has 2 atom stereocenters. The standard InChI is InChI=1S/C21H31N3O3/c1-14-5-6-16(19(22)26)13-24(14)18(25)11-12-23-20(27)15-7-9-17(10-8-15)21(2,3)4/h7-10,14,16H,5-6,11-13H2,1-4H3,(H2,22,26)(H,23,27). The number of carbonyl (C=O) groups is 3. The summed E-state index contributed by atoms with van der Waals surface area (Å²) in [4.78, 5) is 37.9. The Labute approximate surface area is 161 Å². The highest BCUT2D eigenvalue weighted by molar-refractivity contribution is 5.94. The van der Waals surface area contributed by atoms with Gasteiger partial charge in [-0.3, -0.25) is 14.4 Å². The van der Waals surface area contributed by atoms with Gasteiger partial charge in [0.25, 0.3) is 5.91 Å². The molecule has 0 aliphatic carbocycles. The van der Waals surface area contributed by atoms with Crippen LogP contribution in [-0.2, 0) is 15.0 Å². The Morgan fingerprint density at radius 3 is 2.33 bits per heavy atom. The van der Waals surface area contributed by atoms with Crippen LogP contribution in [0.3, 0.4) is 0 Å². The van der Waals surface area contributed by atoms with Crippen LogP contribution in [0.15, 0.2) is 24.3 Å². The molecule has 1 saturated heterocycles. The monoisotopic (exact) mass is 373 g/mol. The largest absolute Gasteiger partial charge is 0.369 e. The predicted molar refractivity (Wildman–Crippen MR) is 105 cm³/mol. The number of likely N-dealkylation sites (tertiary alicyclic amines) is 1. The Bertz CT molecular complexity index is 692. The summed E-state index contributed by atoms with van der Waals surface area (Å²) in [5, 5.41) is 2.80.